The highest BCUT2D eigenvalue weighted by Gasteiger charge is 2.12. The summed E-state index contributed by atoms with van der Waals surface area (Å²) in [6, 6.07) is 3.48. The molecule has 0 aliphatic carbocycles. The van der Waals surface area contributed by atoms with Crippen molar-refractivity contribution in [3.63, 3.8) is 0 Å². The number of hydrogen-bond donors (Lipinski definition) is 2. The topological polar surface area (TPSA) is 72.4 Å². The van der Waals surface area contributed by atoms with Gasteiger partial charge in [0.05, 0.1) is 6.04 Å². The van der Waals surface area contributed by atoms with Crippen LogP contribution in [0.15, 0.2) is 30.7 Å². The maximum absolute atomic E-state index is 11.8. The molecular formula is C13H18N4OS. The van der Waals surface area contributed by atoms with E-state index in [-0.39, 0.29) is 5.91 Å². The van der Waals surface area contributed by atoms with Gasteiger partial charge >= 0.3 is 0 Å². The van der Waals surface area contributed by atoms with Crippen LogP contribution >= 0.6 is 11.8 Å². The second kappa shape index (κ2) is 6.58. The van der Waals surface area contributed by atoms with E-state index >= 15 is 0 Å². The molecule has 2 aromatic heterocycles. The van der Waals surface area contributed by atoms with Crippen molar-refractivity contribution in [2.24, 2.45) is 5.73 Å². The Bertz CT molecular complexity index is 554. The van der Waals surface area contributed by atoms with Gasteiger partial charge in [0.1, 0.15) is 5.65 Å². The van der Waals surface area contributed by atoms with E-state index in [0.717, 1.165) is 17.0 Å². The number of fused-ring (bicyclic) bond motifs is 1. The van der Waals surface area contributed by atoms with Gasteiger partial charge in [0.15, 0.2) is 0 Å². The van der Waals surface area contributed by atoms with Gasteiger partial charge in [0, 0.05) is 25.1 Å². The Kier molecular flexibility index (Phi) is 4.81. The van der Waals surface area contributed by atoms with Crippen LogP contribution in [0.4, 0.5) is 0 Å². The second-order valence-electron chi connectivity index (χ2n) is 4.33. The Labute approximate surface area is 116 Å². The van der Waals surface area contributed by atoms with Gasteiger partial charge in [-0.15, -0.1) is 0 Å². The smallest absolute Gasteiger partial charge is 0.237 e. The lowest BCUT2D eigenvalue weighted by molar-refractivity contribution is -0.122. The molecule has 3 N–H and O–H groups in total. The van der Waals surface area contributed by atoms with Crippen LogP contribution in [-0.2, 0) is 11.3 Å². The first-order valence-corrected chi connectivity index (χ1v) is 7.54. The van der Waals surface area contributed by atoms with Crippen LogP contribution in [0, 0.1) is 0 Å². The van der Waals surface area contributed by atoms with E-state index < -0.39 is 6.04 Å². The molecule has 0 unspecified atom stereocenters. The highest BCUT2D eigenvalue weighted by Crippen LogP contribution is 2.05. The third kappa shape index (κ3) is 3.71. The van der Waals surface area contributed by atoms with Gasteiger partial charge in [0.25, 0.3) is 0 Å². The Balaban J connectivity index is 1.89. The molecule has 0 spiro atoms. The molecule has 5 nitrogen and oxygen atoms in total. The van der Waals surface area contributed by atoms with E-state index in [1.54, 1.807) is 18.0 Å². The third-order valence-electron chi connectivity index (χ3n) is 2.90. The predicted molar refractivity (Wildman–Crippen MR) is 78.0 cm³/mol. The molecule has 0 aromatic carbocycles. The van der Waals surface area contributed by atoms with Crippen molar-refractivity contribution in [3.8, 4) is 0 Å². The highest BCUT2D eigenvalue weighted by atomic mass is 32.2. The molecule has 0 aliphatic heterocycles. The zero-order valence-electron chi connectivity index (χ0n) is 10.9. The monoisotopic (exact) mass is 278 g/mol. The molecule has 6 heteroatoms. The van der Waals surface area contributed by atoms with Crippen molar-refractivity contribution in [1.29, 1.82) is 0 Å². The first-order chi connectivity index (χ1) is 9.20. The van der Waals surface area contributed by atoms with Crippen LogP contribution in [0.2, 0.25) is 0 Å². The molecule has 2 rings (SSSR count). The Morgan fingerprint density at radius 2 is 2.42 bits per heavy atom. The van der Waals surface area contributed by atoms with E-state index in [2.05, 4.69) is 10.3 Å². The summed E-state index contributed by atoms with van der Waals surface area (Å²) < 4.78 is 1.93. The molecule has 19 heavy (non-hydrogen) atoms. The highest BCUT2D eigenvalue weighted by molar-refractivity contribution is 7.98. The fourth-order valence-corrected chi connectivity index (χ4v) is 2.25. The average Bonchev–Trinajstić information content (AvgIpc) is 2.89. The molecule has 1 atom stereocenters. The summed E-state index contributed by atoms with van der Waals surface area (Å²) in [6.07, 6.45) is 8.26. The van der Waals surface area contributed by atoms with Gasteiger partial charge in [-0.05, 0) is 36.1 Å². The van der Waals surface area contributed by atoms with Gasteiger partial charge in [0.2, 0.25) is 5.91 Å². The third-order valence-corrected chi connectivity index (χ3v) is 3.54. The SMILES string of the molecule is CSCC[C@H](N)C(=O)NCc1ccn2ccnc2c1. The van der Waals surface area contributed by atoms with Gasteiger partial charge in [-0.1, -0.05) is 0 Å². The lowest BCUT2D eigenvalue weighted by Gasteiger charge is -2.11. The van der Waals surface area contributed by atoms with Gasteiger partial charge in [-0.25, -0.2) is 4.98 Å². The zero-order chi connectivity index (χ0) is 13.7. The Morgan fingerprint density at radius 1 is 1.58 bits per heavy atom. The van der Waals surface area contributed by atoms with Crippen molar-refractivity contribution in [2.75, 3.05) is 12.0 Å². The number of nitrogens with zero attached hydrogens (tertiary/aromatic N) is 2. The number of carbonyl (C=O) groups is 1. The number of pyridine rings is 1. The van der Waals surface area contributed by atoms with Crippen LogP contribution in [-0.4, -0.2) is 33.3 Å². The molecule has 102 valence electrons. The van der Waals surface area contributed by atoms with Crippen molar-refractivity contribution >= 4 is 23.3 Å². The fraction of sp³-hybridized carbons (Fsp3) is 0.385. The van der Waals surface area contributed by atoms with Crippen LogP contribution in [0.25, 0.3) is 5.65 Å². The lowest BCUT2D eigenvalue weighted by atomic mass is 10.2. The summed E-state index contributed by atoms with van der Waals surface area (Å²) in [5.41, 5.74) is 7.69. The second-order valence-corrected chi connectivity index (χ2v) is 5.32. The maximum Gasteiger partial charge on any atom is 0.237 e. The number of aromatic nitrogens is 2. The summed E-state index contributed by atoms with van der Waals surface area (Å²) in [7, 11) is 0. The van der Waals surface area contributed by atoms with Gasteiger partial charge in [-0.3, -0.25) is 4.79 Å². The van der Waals surface area contributed by atoms with Crippen molar-refractivity contribution < 1.29 is 4.79 Å². The van der Waals surface area contributed by atoms with Crippen LogP contribution in [0.3, 0.4) is 0 Å². The first-order valence-electron chi connectivity index (χ1n) is 6.14. The number of imidazole rings is 1. The molecule has 2 aromatic rings. The van der Waals surface area contributed by atoms with E-state index in [1.807, 2.05) is 35.2 Å². The molecule has 0 radical (unpaired) electrons. The zero-order valence-corrected chi connectivity index (χ0v) is 11.7. The summed E-state index contributed by atoms with van der Waals surface area (Å²) in [5, 5.41) is 2.85. The normalized spacial score (nSPS) is 12.5. The number of thioether (sulfide) groups is 1. The molecular weight excluding hydrogens is 260 g/mol. The maximum atomic E-state index is 11.8. The minimum Gasteiger partial charge on any atom is -0.351 e. The number of amides is 1. The molecule has 0 saturated carbocycles. The van der Waals surface area contributed by atoms with Crippen molar-refractivity contribution in [2.45, 2.75) is 19.0 Å². The summed E-state index contributed by atoms with van der Waals surface area (Å²) in [5.74, 6) is 0.798. The molecule has 1 amide bonds. The Hall–Kier alpha value is -1.53. The number of rotatable bonds is 6. The average molecular weight is 278 g/mol. The van der Waals surface area contributed by atoms with Gasteiger partial charge in [-0.2, -0.15) is 11.8 Å². The number of hydrogen-bond acceptors (Lipinski definition) is 4. The van der Waals surface area contributed by atoms with E-state index in [1.165, 1.54) is 0 Å². The molecule has 2 heterocycles. The van der Waals surface area contributed by atoms with Gasteiger partial charge < -0.3 is 15.5 Å². The van der Waals surface area contributed by atoms with Crippen molar-refractivity contribution in [1.82, 2.24) is 14.7 Å². The number of nitrogens with one attached hydrogen (secondary N) is 1. The molecule has 0 fully saturated rings. The number of carbonyl (C=O) groups excluding carboxylic acids is 1. The molecule has 0 aliphatic rings. The largest absolute Gasteiger partial charge is 0.351 e. The summed E-state index contributed by atoms with van der Waals surface area (Å²) >= 11 is 1.69. The van der Waals surface area contributed by atoms with E-state index in [0.29, 0.717) is 13.0 Å². The minimum absolute atomic E-state index is 0.0998. The standard InChI is InChI=1S/C13H18N4OS/c1-19-7-3-11(14)13(18)16-9-10-2-5-17-6-4-15-12(17)8-10/h2,4-6,8,11H,3,7,9,14H2,1H3,(H,16,18)/t11-/m0/s1. The first kappa shape index (κ1) is 13.9. The van der Waals surface area contributed by atoms with Crippen molar-refractivity contribution in [3.05, 3.63) is 36.3 Å². The minimum atomic E-state index is -0.428. The van der Waals surface area contributed by atoms with Crippen LogP contribution in [0.1, 0.15) is 12.0 Å². The number of nitrogens with two attached hydrogens (primary N) is 1. The predicted octanol–water partition coefficient (Wildman–Crippen LogP) is 1.03. The fourth-order valence-electron chi connectivity index (χ4n) is 1.76. The van der Waals surface area contributed by atoms with Crippen LogP contribution < -0.4 is 11.1 Å². The molecule has 0 saturated heterocycles. The Morgan fingerprint density at radius 3 is 3.21 bits per heavy atom. The summed E-state index contributed by atoms with van der Waals surface area (Å²) in [6.45, 7) is 0.481. The van der Waals surface area contributed by atoms with E-state index in [9.17, 15) is 4.79 Å². The summed E-state index contributed by atoms with van der Waals surface area (Å²) in [4.78, 5) is 16.0. The lowest BCUT2D eigenvalue weighted by Crippen LogP contribution is -2.40. The van der Waals surface area contributed by atoms with E-state index in [4.69, 9.17) is 5.73 Å². The molecule has 0 bridgehead atoms. The van der Waals surface area contributed by atoms with Crippen LogP contribution in [0.5, 0.6) is 0 Å². The quantitative estimate of drug-likeness (QED) is 0.828.